The third-order valence-corrected chi connectivity index (χ3v) is 3.43. The average molecular weight is 238 g/mol. The Morgan fingerprint density at radius 1 is 1.35 bits per heavy atom. The van der Waals surface area contributed by atoms with Crippen molar-refractivity contribution >= 4 is 5.91 Å². The maximum Gasteiger partial charge on any atom is 0.237 e. The van der Waals surface area contributed by atoms with Gasteiger partial charge < -0.3 is 10.1 Å². The Hall–Kier alpha value is -1.08. The van der Waals surface area contributed by atoms with Crippen molar-refractivity contribution in [1.82, 2.24) is 5.32 Å². The smallest absolute Gasteiger partial charge is 0.237 e. The molecule has 0 spiro atoms. The Labute approximate surface area is 103 Å². The molecule has 2 unspecified atom stereocenters. The van der Waals surface area contributed by atoms with E-state index in [1.165, 1.54) is 0 Å². The van der Waals surface area contributed by atoms with Gasteiger partial charge in [0.2, 0.25) is 5.91 Å². The van der Waals surface area contributed by atoms with Crippen LogP contribution in [0.1, 0.15) is 33.6 Å². The Kier molecular flexibility index (Phi) is 5.43. The zero-order valence-electron chi connectivity index (χ0n) is 10.9. The summed E-state index contributed by atoms with van der Waals surface area (Å²) in [6.07, 6.45) is 1.97. The molecule has 1 saturated heterocycles. The zero-order chi connectivity index (χ0) is 12.8. The fraction of sp³-hybridized carbons (Fsp3) is 0.846. The van der Waals surface area contributed by atoms with Crippen LogP contribution in [0.25, 0.3) is 0 Å². The van der Waals surface area contributed by atoms with E-state index >= 15 is 0 Å². The number of rotatable bonds is 4. The second-order valence-corrected chi connectivity index (χ2v) is 5.10. The van der Waals surface area contributed by atoms with E-state index in [1.54, 1.807) is 0 Å². The molecule has 0 bridgehead atoms. The number of hydrogen-bond donors (Lipinski definition) is 1. The first-order valence-corrected chi connectivity index (χ1v) is 6.34. The highest BCUT2D eigenvalue weighted by molar-refractivity contribution is 5.81. The largest absolute Gasteiger partial charge is 0.381 e. The van der Waals surface area contributed by atoms with Gasteiger partial charge in [0.25, 0.3) is 0 Å². The number of nitrogens with one attached hydrogen (secondary N) is 1. The fourth-order valence-corrected chi connectivity index (χ4v) is 2.16. The molecule has 4 nitrogen and oxygen atoms in total. The van der Waals surface area contributed by atoms with Crippen molar-refractivity contribution in [3.8, 4) is 6.07 Å². The molecule has 17 heavy (non-hydrogen) atoms. The SMILES string of the molecule is CC(C)C(C#N)C(=O)NC(C)C1CCOCC1. The van der Waals surface area contributed by atoms with Gasteiger partial charge in [0, 0.05) is 19.3 Å². The summed E-state index contributed by atoms with van der Waals surface area (Å²) in [5, 5.41) is 11.9. The van der Waals surface area contributed by atoms with Crippen molar-refractivity contribution in [2.24, 2.45) is 17.8 Å². The van der Waals surface area contributed by atoms with Gasteiger partial charge in [-0.25, -0.2) is 0 Å². The van der Waals surface area contributed by atoms with Gasteiger partial charge in [-0.05, 0) is 31.6 Å². The molecule has 1 aliphatic rings. The first-order valence-electron chi connectivity index (χ1n) is 6.34. The molecule has 1 heterocycles. The second kappa shape index (κ2) is 6.61. The molecule has 0 aromatic heterocycles. The molecule has 1 amide bonds. The third kappa shape index (κ3) is 4.01. The van der Waals surface area contributed by atoms with Gasteiger partial charge in [-0.1, -0.05) is 13.8 Å². The van der Waals surface area contributed by atoms with E-state index in [0.29, 0.717) is 5.92 Å². The van der Waals surface area contributed by atoms with Gasteiger partial charge in [0.05, 0.1) is 6.07 Å². The number of amides is 1. The Balaban J connectivity index is 2.47. The molecule has 2 atom stereocenters. The molecule has 1 rings (SSSR count). The monoisotopic (exact) mass is 238 g/mol. The maximum absolute atomic E-state index is 11.9. The third-order valence-electron chi connectivity index (χ3n) is 3.43. The number of ether oxygens (including phenoxy) is 1. The summed E-state index contributed by atoms with van der Waals surface area (Å²) in [6.45, 7) is 7.36. The highest BCUT2D eigenvalue weighted by Crippen LogP contribution is 2.19. The highest BCUT2D eigenvalue weighted by atomic mass is 16.5. The van der Waals surface area contributed by atoms with Crippen LogP contribution in [0.3, 0.4) is 0 Å². The standard InChI is InChI=1S/C13H22N2O2/c1-9(2)12(8-14)13(16)15-10(3)11-4-6-17-7-5-11/h9-12H,4-7H2,1-3H3,(H,15,16). The molecule has 96 valence electrons. The Morgan fingerprint density at radius 2 is 1.94 bits per heavy atom. The molecule has 1 aliphatic heterocycles. The molecule has 1 fully saturated rings. The first-order chi connectivity index (χ1) is 8.06. The predicted octanol–water partition coefficient (Wildman–Crippen LogP) is 1.71. The lowest BCUT2D eigenvalue weighted by Gasteiger charge is -2.29. The van der Waals surface area contributed by atoms with E-state index in [9.17, 15) is 4.79 Å². The molecule has 0 aromatic rings. The molecule has 0 aliphatic carbocycles. The van der Waals surface area contributed by atoms with Crippen molar-refractivity contribution in [3.63, 3.8) is 0 Å². The molecule has 0 aromatic carbocycles. The molecule has 0 radical (unpaired) electrons. The van der Waals surface area contributed by atoms with Gasteiger partial charge in [-0.15, -0.1) is 0 Å². The van der Waals surface area contributed by atoms with Crippen LogP contribution < -0.4 is 5.32 Å². The van der Waals surface area contributed by atoms with E-state index in [1.807, 2.05) is 20.8 Å². The Morgan fingerprint density at radius 3 is 2.41 bits per heavy atom. The lowest BCUT2D eigenvalue weighted by Crippen LogP contribution is -2.43. The summed E-state index contributed by atoms with van der Waals surface area (Å²) in [4.78, 5) is 11.9. The summed E-state index contributed by atoms with van der Waals surface area (Å²) < 4.78 is 5.30. The Bertz CT molecular complexity index is 290. The van der Waals surface area contributed by atoms with Crippen LogP contribution in [0.15, 0.2) is 0 Å². The van der Waals surface area contributed by atoms with E-state index in [-0.39, 0.29) is 17.9 Å². The van der Waals surface area contributed by atoms with Crippen LogP contribution in [0.2, 0.25) is 0 Å². The van der Waals surface area contributed by atoms with Crippen LogP contribution in [-0.2, 0) is 9.53 Å². The molecule has 0 saturated carbocycles. The van der Waals surface area contributed by atoms with Crippen molar-refractivity contribution in [3.05, 3.63) is 0 Å². The van der Waals surface area contributed by atoms with Gasteiger partial charge in [-0.3, -0.25) is 4.79 Å². The van der Waals surface area contributed by atoms with E-state index in [0.717, 1.165) is 26.1 Å². The fourth-order valence-electron chi connectivity index (χ4n) is 2.16. The topological polar surface area (TPSA) is 62.1 Å². The highest BCUT2D eigenvalue weighted by Gasteiger charge is 2.26. The normalized spacial score (nSPS) is 20.6. The second-order valence-electron chi connectivity index (χ2n) is 5.10. The quantitative estimate of drug-likeness (QED) is 0.811. The van der Waals surface area contributed by atoms with Crippen molar-refractivity contribution in [2.45, 2.75) is 39.7 Å². The van der Waals surface area contributed by atoms with Crippen LogP contribution >= 0.6 is 0 Å². The number of nitriles is 1. The van der Waals surface area contributed by atoms with Crippen LogP contribution in [0.5, 0.6) is 0 Å². The molecular weight excluding hydrogens is 216 g/mol. The van der Waals surface area contributed by atoms with Crippen molar-refractivity contribution in [2.75, 3.05) is 13.2 Å². The zero-order valence-corrected chi connectivity index (χ0v) is 10.9. The van der Waals surface area contributed by atoms with Gasteiger partial charge in [0.1, 0.15) is 5.92 Å². The van der Waals surface area contributed by atoms with Gasteiger partial charge >= 0.3 is 0 Å². The first kappa shape index (κ1) is 14.0. The lowest BCUT2D eigenvalue weighted by molar-refractivity contribution is -0.125. The number of carbonyl (C=O) groups is 1. The molecule has 1 N–H and O–H groups in total. The van der Waals surface area contributed by atoms with Crippen molar-refractivity contribution < 1.29 is 9.53 Å². The maximum atomic E-state index is 11.9. The van der Waals surface area contributed by atoms with E-state index < -0.39 is 5.92 Å². The average Bonchev–Trinajstić information content (AvgIpc) is 2.30. The number of hydrogen-bond acceptors (Lipinski definition) is 3. The summed E-state index contributed by atoms with van der Waals surface area (Å²) in [7, 11) is 0. The van der Waals surface area contributed by atoms with E-state index in [4.69, 9.17) is 10.00 Å². The van der Waals surface area contributed by atoms with Crippen LogP contribution in [-0.4, -0.2) is 25.2 Å². The summed E-state index contributed by atoms with van der Waals surface area (Å²) in [5.41, 5.74) is 0. The van der Waals surface area contributed by atoms with Crippen LogP contribution in [0, 0.1) is 29.1 Å². The summed E-state index contributed by atoms with van der Waals surface area (Å²) in [5.74, 6) is -0.153. The minimum Gasteiger partial charge on any atom is -0.381 e. The minimum atomic E-state index is -0.544. The summed E-state index contributed by atoms with van der Waals surface area (Å²) in [6, 6.07) is 2.20. The van der Waals surface area contributed by atoms with E-state index in [2.05, 4.69) is 11.4 Å². The van der Waals surface area contributed by atoms with Gasteiger partial charge in [-0.2, -0.15) is 5.26 Å². The number of carbonyl (C=O) groups excluding carboxylic acids is 1. The van der Waals surface area contributed by atoms with Gasteiger partial charge in [0.15, 0.2) is 0 Å². The summed E-state index contributed by atoms with van der Waals surface area (Å²) >= 11 is 0. The lowest BCUT2D eigenvalue weighted by atomic mass is 9.91. The molecule has 4 heteroatoms. The molecular formula is C13H22N2O2. The number of nitrogens with zero attached hydrogens (tertiary/aromatic N) is 1. The van der Waals surface area contributed by atoms with Crippen LogP contribution in [0.4, 0.5) is 0 Å². The minimum absolute atomic E-state index is 0.0573. The predicted molar refractivity (Wildman–Crippen MR) is 65.1 cm³/mol. The van der Waals surface area contributed by atoms with Crippen molar-refractivity contribution in [1.29, 1.82) is 5.26 Å².